The number of nitrogens with zero attached hydrogens (tertiary/aromatic N) is 5. The molecule has 1 aliphatic rings. The van der Waals surface area contributed by atoms with E-state index in [0.717, 1.165) is 11.1 Å². The van der Waals surface area contributed by atoms with Crippen molar-refractivity contribution in [3.8, 4) is 0 Å². The van der Waals surface area contributed by atoms with Gasteiger partial charge in [-0.05, 0) is 37.6 Å². The number of piperazine rings is 1. The van der Waals surface area contributed by atoms with Gasteiger partial charge >= 0.3 is 0 Å². The van der Waals surface area contributed by atoms with Gasteiger partial charge < -0.3 is 9.80 Å². The van der Waals surface area contributed by atoms with Gasteiger partial charge in [0, 0.05) is 44.5 Å². The Morgan fingerprint density at radius 1 is 1.07 bits per heavy atom. The summed E-state index contributed by atoms with van der Waals surface area (Å²) in [7, 11) is 0. The monoisotopic (exact) mass is 377 g/mol. The number of pyridine rings is 1. The molecule has 1 saturated heterocycles. The van der Waals surface area contributed by atoms with Gasteiger partial charge in [-0.3, -0.25) is 14.2 Å². The number of aromatic nitrogens is 3. The van der Waals surface area contributed by atoms with Crippen molar-refractivity contribution >= 4 is 22.9 Å². The third-order valence-electron chi connectivity index (χ3n) is 5.24. The first kappa shape index (κ1) is 18.2. The van der Waals surface area contributed by atoms with E-state index in [1.165, 1.54) is 0 Å². The molecule has 0 atom stereocenters. The first-order valence-corrected chi connectivity index (χ1v) is 9.55. The largest absolute Gasteiger partial charge is 0.348 e. The zero-order valence-corrected chi connectivity index (χ0v) is 16.1. The Morgan fingerprint density at radius 3 is 2.54 bits per heavy atom. The van der Waals surface area contributed by atoms with E-state index in [2.05, 4.69) is 9.97 Å². The predicted octanol–water partition coefficient (Wildman–Crippen LogP) is 2.08. The Hall–Kier alpha value is -3.22. The molecule has 1 amide bonds. The molecule has 3 heterocycles. The van der Waals surface area contributed by atoms with Crippen LogP contribution in [-0.4, -0.2) is 51.5 Å². The predicted molar refractivity (Wildman–Crippen MR) is 109 cm³/mol. The summed E-state index contributed by atoms with van der Waals surface area (Å²) in [5, 5.41) is 0. The van der Waals surface area contributed by atoms with Gasteiger partial charge in [0.15, 0.2) is 11.5 Å². The van der Waals surface area contributed by atoms with E-state index in [-0.39, 0.29) is 11.5 Å². The molecule has 4 rings (SSSR count). The summed E-state index contributed by atoms with van der Waals surface area (Å²) in [6.07, 6.45) is 1.67. The molecule has 1 fully saturated rings. The van der Waals surface area contributed by atoms with Crippen LogP contribution in [0.4, 0.5) is 5.82 Å². The van der Waals surface area contributed by atoms with Crippen LogP contribution in [0.15, 0.2) is 47.4 Å². The number of fused-ring (bicyclic) bond motifs is 1. The molecule has 7 nitrogen and oxygen atoms in total. The molecule has 2 aromatic heterocycles. The Balaban J connectivity index is 1.57. The fourth-order valence-electron chi connectivity index (χ4n) is 3.67. The summed E-state index contributed by atoms with van der Waals surface area (Å²) in [4.78, 5) is 38.5. The van der Waals surface area contributed by atoms with Crippen LogP contribution in [0.5, 0.6) is 0 Å². The number of anilines is 1. The molecule has 0 aliphatic carbocycles. The highest BCUT2D eigenvalue weighted by Gasteiger charge is 2.26. The maximum atomic E-state index is 12.9. The summed E-state index contributed by atoms with van der Waals surface area (Å²) in [5.41, 5.74) is 2.89. The minimum atomic E-state index is -0.132. The standard InChI is InChI=1S/C21H23N5O2/c1-3-26-18-17(9-6-10-22-18)23-19(21(26)28)24-11-13-25(14-12-24)20(27)16-8-5-4-7-15(16)2/h4-10H,3,11-14H2,1-2H3. The molecule has 1 aromatic carbocycles. The fraction of sp³-hybridized carbons (Fsp3) is 0.333. The highest BCUT2D eigenvalue weighted by atomic mass is 16.2. The van der Waals surface area contributed by atoms with Crippen LogP contribution >= 0.6 is 0 Å². The Kier molecular flexibility index (Phi) is 4.81. The lowest BCUT2D eigenvalue weighted by Crippen LogP contribution is -2.50. The summed E-state index contributed by atoms with van der Waals surface area (Å²) < 4.78 is 1.66. The van der Waals surface area contributed by atoms with Gasteiger partial charge in [-0.15, -0.1) is 0 Å². The van der Waals surface area contributed by atoms with Crippen LogP contribution in [0.3, 0.4) is 0 Å². The second-order valence-corrected chi connectivity index (χ2v) is 6.93. The van der Waals surface area contributed by atoms with Crippen LogP contribution in [0, 0.1) is 6.92 Å². The Morgan fingerprint density at radius 2 is 1.82 bits per heavy atom. The summed E-state index contributed by atoms with van der Waals surface area (Å²) in [5.74, 6) is 0.477. The van der Waals surface area contributed by atoms with Crippen molar-refractivity contribution in [2.24, 2.45) is 0 Å². The number of rotatable bonds is 3. The first-order valence-electron chi connectivity index (χ1n) is 9.55. The van der Waals surface area contributed by atoms with Gasteiger partial charge in [0.05, 0.1) is 0 Å². The number of aryl methyl sites for hydroxylation is 2. The molecular weight excluding hydrogens is 354 g/mol. The first-order chi connectivity index (χ1) is 13.6. The topological polar surface area (TPSA) is 71.3 Å². The van der Waals surface area contributed by atoms with Gasteiger partial charge in [0.25, 0.3) is 11.5 Å². The minimum absolute atomic E-state index is 0.0411. The third-order valence-corrected chi connectivity index (χ3v) is 5.24. The second kappa shape index (κ2) is 7.42. The molecule has 0 saturated carbocycles. The van der Waals surface area contributed by atoms with Crippen LogP contribution in [-0.2, 0) is 6.54 Å². The van der Waals surface area contributed by atoms with Crippen molar-refractivity contribution in [1.29, 1.82) is 0 Å². The molecule has 0 radical (unpaired) electrons. The van der Waals surface area contributed by atoms with E-state index in [1.54, 1.807) is 10.8 Å². The van der Waals surface area contributed by atoms with E-state index >= 15 is 0 Å². The number of benzene rings is 1. The highest BCUT2D eigenvalue weighted by Crippen LogP contribution is 2.17. The number of hydrogen-bond acceptors (Lipinski definition) is 5. The van der Waals surface area contributed by atoms with Gasteiger partial charge in [0.1, 0.15) is 5.52 Å². The number of hydrogen-bond donors (Lipinski definition) is 0. The lowest BCUT2D eigenvalue weighted by Gasteiger charge is -2.35. The molecule has 0 bridgehead atoms. The molecule has 1 aliphatic heterocycles. The van der Waals surface area contributed by atoms with E-state index < -0.39 is 0 Å². The van der Waals surface area contributed by atoms with Crippen molar-refractivity contribution in [2.45, 2.75) is 20.4 Å². The van der Waals surface area contributed by atoms with E-state index in [4.69, 9.17) is 0 Å². The van der Waals surface area contributed by atoms with Crippen molar-refractivity contribution in [1.82, 2.24) is 19.4 Å². The Labute approximate surface area is 163 Å². The van der Waals surface area contributed by atoms with Crippen molar-refractivity contribution in [3.63, 3.8) is 0 Å². The second-order valence-electron chi connectivity index (χ2n) is 6.93. The van der Waals surface area contributed by atoms with E-state index in [1.807, 2.05) is 60.0 Å². The SMILES string of the molecule is CCn1c(=O)c(N2CCN(C(=O)c3ccccc3C)CC2)nc2cccnc21. The van der Waals surface area contributed by atoms with Crippen molar-refractivity contribution < 1.29 is 4.79 Å². The van der Waals surface area contributed by atoms with Crippen molar-refractivity contribution in [2.75, 3.05) is 31.1 Å². The van der Waals surface area contributed by atoms with Crippen molar-refractivity contribution in [3.05, 3.63) is 64.1 Å². The smallest absolute Gasteiger partial charge is 0.295 e. The number of carbonyl (C=O) groups is 1. The van der Waals surface area contributed by atoms with Crippen LogP contribution in [0.1, 0.15) is 22.8 Å². The van der Waals surface area contributed by atoms with Gasteiger partial charge in [-0.1, -0.05) is 18.2 Å². The zero-order valence-electron chi connectivity index (χ0n) is 16.1. The fourth-order valence-corrected chi connectivity index (χ4v) is 3.67. The summed E-state index contributed by atoms with van der Waals surface area (Å²) >= 11 is 0. The minimum Gasteiger partial charge on any atom is -0.348 e. The van der Waals surface area contributed by atoms with Crippen LogP contribution in [0.25, 0.3) is 11.2 Å². The average Bonchev–Trinajstić information content (AvgIpc) is 2.73. The zero-order chi connectivity index (χ0) is 19.7. The average molecular weight is 377 g/mol. The van der Waals surface area contributed by atoms with Gasteiger partial charge in [-0.2, -0.15) is 0 Å². The van der Waals surface area contributed by atoms with Crippen LogP contribution < -0.4 is 10.5 Å². The van der Waals surface area contributed by atoms with Crippen LogP contribution in [0.2, 0.25) is 0 Å². The maximum Gasteiger partial charge on any atom is 0.295 e. The van der Waals surface area contributed by atoms with Gasteiger partial charge in [-0.25, -0.2) is 9.97 Å². The summed E-state index contributed by atoms with van der Waals surface area (Å²) in [6.45, 7) is 6.69. The quantitative estimate of drug-likeness (QED) is 0.699. The Bertz CT molecular complexity index is 1080. The summed E-state index contributed by atoms with van der Waals surface area (Å²) in [6, 6.07) is 11.3. The molecule has 0 N–H and O–H groups in total. The molecular formula is C21H23N5O2. The molecule has 7 heteroatoms. The van der Waals surface area contributed by atoms with E-state index in [0.29, 0.717) is 49.7 Å². The normalized spacial score (nSPS) is 14.5. The number of carbonyl (C=O) groups excluding carboxylic acids is 1. The lowest BCUT2D eigenvalue weighted by molar-refractivity contribution is 0.0745. The third kappa shape index (κ3) is 3.13. The van der Waals surface area contributed by atoms with E-state index in [9.17, 15) is 9.59 Å². The van der Waals surface area contributed by atoms with Gasteiger partial charge in [0.2, 0.25) is 0 Å². The number of amides is 1. The maximum absolute atomic E-state index is 12.9. The molecule has 144 valence electrons. The highest BCUT2D eigenvalue weighted by molar-refractivity contribution is 5.95. The lowest BCUT2D eigenvalue weighted by atomic mass is 10.1. The molecule has 0 spiro atoms. The molecule has 3 aromatic rings. The molecule has 0 unspecified atom stereocenters. The molecule has 28 heavy (non-hydrogen) atoms.